The van der Waals surface area contributed by atoms with Crippen molar-refractivity contribution in [3.8, 4) is 11.5 Å². The Balaban J connectivity index is 1.48. The van der Waals surface area contributed by atoms with Gasteiger partial charge in [-0.05, 0) is 36.8 Å². The molecule has 8 nitrogen and oxygen atoms in total. The molecule has 0 aliphatic carbocycles. The highest BCUT2D eigenvalue weighted by Crippen LogP contribution is 2.17. The number of carbonyl (C=O) groups is 2. The zero-order chi connectivity index (χ0) is 21.2. The van der Waals surface area contributed by atoms with Gasteiger partial charge in [0.2, 0.25) is 11.8 Å². The van der Waals surface area contributed by atoms with Gasteiger partial charge in [-0.2, -0.15) is 0 Å². The van der Waals surface area contributed by atoms with Gasteiger partial charge in [0.25, 0.3) is 0 Å². The smallest absolute Gasteiger partial charge is 0.237 e. The van der Waals surface area contributed by atoms with Crippen LogP contribution in [0.15, 0.2) is 48.8 Å². The fourth-order valence-electron chi connectivity index (χ4n) is 3.31. The molecule has 2 N–H and O–H groups in total. The van der Waals surface area contributed by atoms with Gasteiger partial charge in [0.15, 0.2) is 0 Å². The van der Waals surface area contributed by atoms with Crippen LogP contribution in [0.3, 0.4) is 0 Å². The molecule has 160 valence electrons. The molecule has 2 heterocycles. The molecule has 0 saturated carbocycles. The summed E-state index contributed by atoms with van der Waals surface area (Å²) < 4.78 is 11.0. The summed E-state index contributed by atoms with van der Waals surface area (Å²) in [6.07, 6.45) is 3.39. The summed E-state index contributed by atoms with van der Waals surface area (Å²) in [5.41, 5.74) is 1.07. The molecule has 0 spiro atoms. The summed E-state index contributed by atoms with van der Waals surface area (Å²) in [6.45, 7) is 5.14. The number of rotatable bonds is 10. The number of hydrogen-bond acceptors (Lipinski definition) is 6. The van der Waals surface area contributed by atoms with Crippen LogP contribution in [-0.2, 0) is 16.1 Å². The van der Waals surface area contributed by atoms with Gasteiger partial charge in [0.05, 0.1) is 31.8 Å². The van der Waals surface area contributed by atoms with Crippen LogP contribution in [0.1, 0.15) is 18.9 Å². The lowest BCUT2D eigenvalue weighted by molar-refractivity contribution is -0.134. The van der Waals surface area contributed by atoms with Crippen molar-refractivity contribution in [3.63, 3.8) is 0 Å². The second-order valence-corrected chi connectivity index (χ2v) is 6.95. The fourth-order valence-corrected chi connectivity index (χ4v) is 3.31. The molecule has 1 saturated heterocycles. The zero-order valence-corrected chi connectivity index (χ0v) is 17.2. The number of aromatic nitrogens is 1. The molecule has 1 aliphatic heterocycles. The second kappa shape index (κ2) is 11.2. The van der Waals surface area contributed by atoms with Crippen molar-refractivity contribution in [3.05, 3.63) is 54.4 Å². The van der Waals surface area contributed by atoms with E-state index in [1.54, 1.807) is 24.5 Å². The quantitative estimate of drug-likeness (QED) is 0.573. The topological polar surface area (TPSA) is 92.8 Å². The van der Waals surface area contributed by atoms with E-state index in [0.29, 0.717) is 45.1 Å². The first-order valence-corrected chi connectivity index (χ1v) is 10.2. The van der Waals surface area contributed by atoms with Crippen LogP contribution in [0, 0.1) is 0 Å². The highest BCUT2D eigenvalue weighted by atomic mass is 16.5. The maximum atomic E-state index is 12.4. The molecule has 30 heavy (non-hydrogen) atoms. The van der Waals surface area contributed by atoms with E-state index in [1.807, 2.05) is 36.1 Å². The molecule has 0 radical (unpaired) electrons. The van der Waals surface area contributed by atoms with E-state index >= 15 is 0 Å². The predicted octanol–water partition coefficient (Wildman–Crippen LogP) is 1.37. The van der Waals surface area contributed by atoms with E-state index < -0.39 is 6.04 Å². The highest BCUT2D eigenvalue weighted by Gasteiger charge is 2.31. The van der Waals surface area contributed by atoms with Crippen molar-refractivity contribution in [1.82, 2.24) is 20.5 Å². The van der Waals surface area contributed by atoms with Gasteiger partial charge >= 0.3 is 0 Å². The van der Waals surface area contributed by atoms with Crippen molar-refractivity contribution in [2.45, 2.75) is 25.9 Å². The number of nitrogens with one attached hydrogen (secondary N) is 2. The minimum Gasteiger partial charge on any atom is -0.494 e. The molecule has 1 aromatic carbocycles. The first-order valence-electron chi connectivity index (χ1n) is 10.2. The summed E-state index contributed by atoms with van der Waals surface area (Å²) in [5, 5.41) is 5.67. The lowest BCUT2D eigenvalue weighted by Crippen LogP contribution is -2.56. The van der Waals surface area contributed by atoms with Crippen LogP contribution < -0.4 is 20.1 Å². The molecular weight excluding hydrogens is 384 g/mol. The average molecular weight is 412 g/mol. The molecule has 1 atom stereocenters. The van der Waals surface area contributed by atoms with Gasteiger partial charge in [-0.1, -0.05) is 12.1 Å². The van der Waals surface area contributed by atoms with E-state index in [0.717, 1.165) is 11.3 Å². The second-order valence-electron chi connectivity index (χ2n) is 6.95. The van der Waals surface area contributed by atoms with Crippen LogP contribution in [0.4, 0.5) is 0 Å². The van der Waals surface area contributed by atoms with E-state index in [4.69, 9.17) is 9.47 Å². The summed E-state index contributed by atoms with van der Waals surface area (Å²) in [7, 11) is 0. The van der Waals surface area contributed by atoms with Gasteiger partial charge in [-0.25, -0.2) is 0 Å². The molecule has 8 heteroatoms. The summed E-state index contributed by atoms with van der Waals surface area (Å²) in [4.78, 5) is 30.8. The van der Waals surface area contributed by atoms with Gasteiger partial charge < -0.3 is 20.1 Å². The van der Waals surface area contributed by atoms with Crippen LogP contribution >= 0.6 is 0 Å². The SMILES string of the molecule is CCOc1ccc(CN2CCNC(=O)[C@@H]2CC(=O)NCCOc2cccnc2)cc1. The first kappa shape index (κ1) is 21.6. The maximum Gasteiger partial charge on any atom is 0.237 e. The van der Waals surface area contributed by atoms with Crippen molar-refractivity contribution in [1.29, 1.82) is 0 Å². The molecule has 1 aliphatic rings. The van der Waals surface area contributed by atoms with Crippen molar-refractivity contribution < 1.29 is 19.1 Å². The summed E-state index contributed by atoms with van der Waals surface area (Å²) in [5.74, 6) is 1.18. The van der Waals surface area contributed by atoms with Gasteiger partial charge in [-0.15, -0.1) is 0 Å². The number of benzene rings is 1. The summed E-state index contributed by atoms with van der Waals surface area (Å²) >= 11 is 0. The monoisotopic (exact) mass is 412 g/mol. The number of piperazine rings is 1. The lowest BCUT2D eigenvalue weighted by Gasteiger charge is -2.34. The minimum atomic E-state index is -0.496. The Morgan fingerprint density at radius 3 is 2.80 bits per heavy atom. The summed E-state index contributed by atoms with van der Waals surface area (Å²) in [6, 6.07) is 10.9. The van der Waals surface area contributed by atoms with E-state index in [-0.39, 0.29) is 18.2 Å². The third-order valence-corrected chi connectivity index (χ3v) is 4.77. The maximum absolute atomic E-state index is 12.4. The lowest BCUT2D eigenvalue weighted by atomic mass is 10.1. The normalized spacial score (nSPS) is 16.6. The zero-order valence-electron chi connectivity index (χ0n) is 17.2. The number of amides is 2. The van der Waals surface area contributed by atoms with Crippen molar-refractivity contribution in [2.24, 2.45) is 0 Å². The average Bonchev–Trinajstić information content (AvgIpc) is 2.76. The van der Waals surface area contributed by atoms with Gasteiger partial charge in [0, 0.05) is 25.8 Å². The molecular formula is C22H28N4O4. The number of pyridine rings is 1. The van der Waals surface area contributed by atoms with Gasteiger partial charge in [0.1, 0.15) is 18.1 Å². The van der Waals surface area contributed by atoms with Crippen molar-refractivity contribution in [2.75, 3.05) is 32.8 Å². The molecule has 2 aromatic rings. The Kier molecular flexibility index (Phi) is 8.02. The van der Waals surface area contributed by atoms with E-state index in [2.05, 4.69) is 15.6 Å². The Labute approximate surface area is 176 Å². The largest absolute Gasteiger partial charge is 0.494 e. The third kappa shape index (κ3) is 6.45. The van der Waals surface area contributed by atoms with E-state index in [1.165, 1.54) is 0 Å². The Morgan fingerprint density at radius 1 is 1.23 bits per heavy atom. The molecule has 3 rings (SSSR count). The molecule has 1 fully saturated rings. The number of hydrogen-bond donors (Lipinski definition) is 2. The van der Waals surface area contributed by atoms with Crippen LogP contribution in [0.25, 0.3) is 0 Å². The van der Waals surface area contributed by atoms with Crippen LogP contribution in [0.5, 0.6) is 11.5 Å². The molecule has 2 amide bonds. The number of nitrogens with zero attached hydrogens (tertiary/aromatic N) is 2. The van der Waals surface area contributed by atoms with Crippen LogP contribution in [-0.4, -0.2) is 60.6 Å². The molecule has 1 aromatic heterocycles. The number of ether oxygens (including phenoxy) is 2. The highest BCUT2D eigenvalue weighted by molar-refractivity contribution is 5.88. The van der Waals surface area contributed by atoms with Gasteiger partial charge in [-0.3, -0.25) is 19.5 Å². The minimum absolute atomic E-state index is 0.107. The fraction of sp³-hybridized carbons (Fsp3) is 0.409. The standard InChI is InChI=1S/C22H28N4O4/c1-2-29-18-7-5-17(6-8-18)16-26-12-10-25-22(28)20(26)14-21(27)24-11-13-30-19-4-3-9-23-15-19/h3-9,15,20H,2,10-14,16H2,1H3,(H,24,27)(H,25,28)/t20-/m0/s1. The molecule has 0 unspecified atom stereocenters. The van der Waals surface area contributed by atoms with Crippen molar-refractivity contribution >= 4 is 11.8 Å². The Bertz CT molecular complexity index is 814. The number of carbonyl (C=O) groups excluding carboxylic acids is 2. The van der Waals surface area contributed by atoms with Crippen LogP contribution in [0.2, 0.25) is 0 Å². The van der Waals surface area contributed by atoms with E-state index in [9.17, 15) is 9.59 Å². The predicted molar refractivity (Wildman–Crippen MR) is 112 cm³/mol. The first-order chi connectivity index (χ1) is 14.7. The molecule has 0 bridgehead atoms. The Hall–Kier alpha value is -3.13. The third-order valence-electron chi connectivity index (χ3n) is 4.77. The Morgan fingerprint density at radius 2 is 2.07 bits per heavy atom.